The van der Waals surface area contributed by atoms with Crippen molar-refractivity contribution in [2.75, 3.05) is 0 Å². The molecule has 0 amide bonds. The van der Waals surface area contributed by atoms with Crippen LogP contribution in [0.4, 0.5) is 0 Å². The molecule has 1 aromatic heterocycles. The van der Waals surface area contributed by atoms with Gasteiger partial charge in [-0.3, -0.25) is 9.59 Å². The van der Waals surface area contributed by atoms with Gasteiger partial charge in [-0.2, -0.15) is 0 Å². The van der Waals surface area contributed by atoms with Crippen molar-refractivity contribution in [3.05, 3.63) is 34.7 Å². The number of aromatic nitrogens is 1. The fourth-order valence-electron chi connectivity index (χ4n) is 1.94. The van der Waals surface area contributed by atoms with Gasteiger partial charge in [-0.05, 0) is 18.9 Å². The Morgan fingerprint density at radius 2 is 1.86 bits per heavy atom. The molecule has 1 aliphatic rings. The van der Waals surface area contributed by atoms with Crippen LogP contribution in [0.1, 0.15) is 31.7 Å². The smallest absolute Gasteiger partial charge is 0.250 e. The van der Waals surface area contributed by atoms with Crippen LogP contribution in [0.15, 0.2) is 29.2 Å². The largest absolute Gasteiger partial charge is 0.312 e. The normalized spacial score (nSPS) is 18.4. The first-order valence-corrected chi connectivity index (χ1v) is 4.96. The maximum Gasteiger partial charge on any atom is 0.250 e. The van der Waals surface area contributed by atoms with Crippen LogP contribution in [-0.2, 0) is 4.79 Å². The summed E-state index contributed by atoms with van der Waals surface area (Å²) in [7, 11) is 0. The minimum absolute atomic E-state index is 0.0341. The van der Waals surface area contributed by atoms with Gasteiger partial charge in [0.15, 0.2) is 0 Å². The summed E-state index contributed by atoms with van der Waals surface area (Å²) in [6, 6.07) is 5.39. The molecule has 1 heterocycles. The number of Topliss-reactive ketones (excluding diaryl/α,β-unsaturated/α-hetero) is 1. The van der Waals surface area contributed by atoms with Crippen molar-refractivity contribution in [1.82, 2.24) is 4.57 Å². The molecule has 1 fully saturated rings. The van der Waals surface area contributed by atoms with E-state index < -0.39 is 0 Å². The molecule has 0 saturated heterocycles. The third kappa shape index (κ3) is 1.76. The van der Waals surface area contributed by atoms with E-state index in [1.165, 1.54) is 0 Å². The molecule has 0 radical (unpaired) electrons. The van der Waals surface area contributed by atoms with Gasteiger partial charge in [0.05, 0.1) is 0 Å². The standard InChI is InChI=1S/C11H13NO2/c13-10-6-4-9(5-7-10)12-8-2-1-3-11(12)14/h1-3,8-9H,4-7H2. The molecule has 1 aromatic rings. The number of ketones is 1. The predicted octanol–water partition coefficient (Wildman–Crippen LogP) is 1.53. The van der Waals surface area contributed by atoms with E-state index in [1.807, 2.05) is 12.3 Å². The zero-order chi connectivity index (χ0) is 9.97. The van der Waals surface area contributed by atoms with Crippen molar-refractivity contribution in [2.45, 2.75) is 31.7 Å². The highest BCUT2D eigenvalue weighted by Crippen LogP contribution is 2.24. The predicted molar refractivity (Wildman–Crippen MR) is 53.2 cm³/mol. The number of hydrogen-bond donors (Lipinski definition) is 0. The van der Waals surface area contributed by atoms with Crippen LogP contribution in [0.2, 0.25) is 0 Å². The number of carbonyl (C=O) groups excluding carboxylic acids is 1. The highest BCUT2D eigenvalue weighted by Gasteiger charge is 2.19. The Hall–Kier alpha value is -1.38. The van der Waals surface area contributed by atoms with E-state index in [-0.39, 0.29) is 11.6 Å². The first-order chi connectivity index (χ1) is 6.77. The lowest BCUT2D eigenvalue weighted by Gasteiger charge is -2.22. The molecular formula is C11H13NO2. The lowest BCUT2D eigenvalue weighted by Crippen LogP contribution is -2.26. The summed E-state index contributed by atoms with van der Waals surface area (Å²) < 4.78 is 1.74. The molecule has 1 aliphatic carbocycles. The van der Waals surface area contributed by atoms with Crippen molar-refractivity contribution in [1.29, 1.82) is 0 Å². The maximum atomic E-state index is 11.5. The molecule has 0 atom stereocenters. The number of pyridine rings is 1. The van der Waals surface area contributed by atoms with Crippen LogP contribution >= 0.6 is 0 Å². The number of nitrogens with zero attached hydrogens (tertiary/aromatic N) is 1. The minimum atomic E-state index is 0.0341. The number of carbonyl (C=O) groups is 1. The van der Waals surface area contributed by atoms with Gasteiger partial charge in [0.25, 0.3) is 5.56 Å². The summed E-state index contributed by atoms with van der Waals surface area (Å²) in [6.45, 7) is 0. The molecule has 0 N–H and O–H groups in total. The zero-order valence-electron chi connectivity index (χ0n) is 7.98. The summed E-state index contributed by atoms with van der Waals surface area (Å²) in [5.74, 6) is 0.324. The molecule has 0 bridgehead atoms. The van der Waals surface area contributed by atoms with Crippen LogP contribution in [0, 0.1) is 0 Å². The van der Waals surface area contributed by atoms with Gasteiger partial charge in [-0.15, -0.1) is 0 Å². The summed E-state index contributed by atoms with van der Waals surface area (Å²) in [6.07, 6.45) is 4.66. The van der Waals surface area contributed by atoms with Crippen LogP contribution < -0.4 is 5.56 Å². The average Bonchev–Trinajstić information content (AvgIpc) is 2.20. The minimum Gasteiger partial charge on any atom is -0.312 e. The Labute approximate surface area is 82.4 Å². The van der Waals surface area contributed by atoms with E-state index in [1.54, 1.807) is 16.7 Å². The third-order valence-corrected chi connectivity index (χ3v) is 2.76. The van der Waals surface area contributed by atoms with Crippen molar-refractivity contribution in [3.63, 3.8) is 0 Å². The van der Waals surface area contributed by atoms with Gasteiger partial charge in [-0.25, -0.2) is 0 Å². The van der Waals surface area contributed by atoms with Crippen molar-refractivity contribution in [2.24, 2.45) is 0 Å². The molecule has 0 spiro atoms. The first kappa shape index (κ1) is 9.19. The molecule has 2 rings (SSSR count). The van der Waals surface area contributed by atoms with Gasteiger partial charge in [-0.1, -0.05) is 6.07 Å². The summed E-state index contributed by atoms with van der Waals surface area (Å²) in [5, 5.41) is 0. The lowest BCUT2D eigenvalue weighted by atomic mass is 9.94. The fraction of sp³-hybridized carbons (Fsp3) is 0.455. The molecular weight excluding hydrogens is 178 g/mol. The van der Waals surface area contributed by atoms with E-state index in [4.69, 9.17) is 0 Å². The van der Waals surface area contributed by atoms with Crippen LogP contribution in [-0.4, -0.2) is 10.4 Å². The number of rotatable bonds is 1. The van der Waals surface area contributed by atoms with Gasteiger partial charge < -0.3 is 4.57 Å². The Kier molecular flexibility index (Phi) is 2.48. The van der Waals surface area contributed by atoms with Crippen molar-refractivity contribution in [3.8, 4) is 0 Å². The number of hydrogen-bond acceptors (Lipinski definition) is 2. The lowest BCUT2D eigenvalue weighted by molar-refractivity contribution is -0.120. The first-order valence-electron chi connectivity index (χ1n) is 4.96. The van der Waals surface area contributed by atoms with E-state index in [2.05, 4.69) is 0 Å². The quantitative estimate of drug-likeness (QED) is 0.675. The van der Waals surface area contributed by atoms with Crippen LogP contribution in [0.3, 0.4) is 0 Å². The highest BCUT2D eigenvalue weighted by molar-refractivity contribution is 5.79. The van der Waals surface area contributed by atoms with Gasteiger partial charge in [0.2, 0.25) is 0 Å². The third-order valence-electron chi connectivity index (χ3n) is 2.76. The topological polar surface area (TPSA) is 39.1 Å². The van der Waals surface area contributed by atoms with Crippen molar-refractivity contribution < 1.29 is 4.79 Å². The van der Waals surface area contributed by atoms with Crippen molar-refractivity contribution >= 4 is 5.78 Å². The molecule has 0 aromatic carbocycles. The Morgan fingerprint density at radius 3 is 2.50 bits per heavy atom. The van der Waals surface area contributed by atoms with Gasteiger partial charge in [0.1, 0.15) is 5.78 Å². The molecule has 0 unspecified atom stereocenters. The summed E-state index contributed by atoms with van der Waals surface area (Å²) in [5.41, 5.74) is 0.0341. The van der Waals surface area contributed by atoms with Crippen LogP contribution in [0.5, 0.6) is 0 Å². The molecule has 3 nitrogen and oxygen atoms in total. The Bertz CT molecular complexity index is 384. The van der Waals surface area contributed by atoms with Crippen LogP contribution in [0.25, 0.3) is 0 Å². The second kappa shape index (κ2) is 3.78. The fourth-order valence-corrected chi connectivity index (χ4v) is 1.94. The molecule has 1 saturated carbocycles. The van der Waals surface area contributed by atoms with E-state index in [0.29, 0.717) is 18.6 Å². The van der Waals surface area contributed by atoms with Gasteiger partial charge >= 0.3 is 0 Å². The second-order valence-electron chi connectivity index (χ2n) is 3.72. The molecule has 14 heavy (non-hydrogen) atoms. The zero-order valence-corrected chi connectivity index (χ0v) is 7.98. The SMILES string of the molecule is O=C1CCC(n2ccccc2=O)CC1. The summed E-state index contributed by atoms with van der Waals surface area (Å²) in [4.78, 5) is 22.5. The van der Waals surface area contributed by atoms with E-state index in [0.717, 1.165) is 12.8 Å². The van der Waals surface area contributed by atoms with E-state index in [9.17, 15) is 9.59 Å². The average molecular weight is 191 g/mol. The second-order valence-corrected chi connectivity index (χ2v) is 3.72. The van der Waals surface area contributed by atoms with E-state index >= 15 is 0 Å². The summed E-state index contributed by atoms with van der Waals surface area (Å²) >= 11 is 0. The molecule has 74 valence electrons. The monoisotopic (exact) mass is 191 g/mol. The molecule has 0 aliphatic heterocycles. The Morgan fingerprint density at radius 1 is 1.14 bits per heavy atom. The maximum absolute atomic E-state index is 11.5. The Balaban J connectivity index is 2.20. The highest BCUT2D eigenvalue weighted by atomic mass is 16.1. The molecule has 3 heteroatoms. The van der Waals surface area contributed by atoms with Gasteiger partial charge in [0, 0.05) is 31.1 Å².